The third-order valence-electron chi connectivity index (χ3n) is 4.04. The minimum atomic E-state index is -3.71. The summed E-state index contributed by atoms with van der Waals surface area (Å²) in [4.78, 5) is 0.337. The van der Waals surface area contributed by atoms with Crippen molar-refractivity contribution in [1.82, 2.24) is 4.72 Å². The lowest BCUT2D eigenvalue weighted by Gasteiger charge is -2.38. The molecular weight excluding hydrogens is 328 g/mol. The minimum absolute atomic E-state index is 0.129. The highest BCUT2D eigenvalue weighted by Gasteiger charge is 2.40. The van der Waals surface area contributed by atoms with Crippen molar-refractivity contribution < 1.29 is 8.42 Å². The van der Waals surface area contributed by atoms with Gasteiger partial charge in [0.15, 0.2) is 0 Å². The number of rotatable bonds is 4. The zero-order valence-electron chi connectivity index (χ0n) is 11.8. The van der Waals surface area contributed by atoms with Gasteiger partial charge in [-0.3, -0.25) is 0 Å². The van der Waals surface area contributed by atoms with Gasteiger partial charge < -0.3 is 5.73 Å². The molecule has 116 valence electrons. The van der Waals surface area contributed by atoms with Gasteiger partial charge in [0.2, 0.25) is 10.0 Å². The van der Waals surface area contributed by atoms with Crippen molar-refractivity contribution in [1.29, 1.82) is 0 Å². The first-order chi connectivity index (χ1) is 9.75. The Morgan fingerprint density at radius 1 is 1.43 bits per heavy atom. The van der Waals surface area contributed by atoms with Crippen LogP contribution in [0.5, 0.6) is 0 Å². The van der Waals surface area contributed by atoms with Crippen LogP contribution in [0.1, 0.15) is 32.6 Å². The van der Waals surface area contributed by atoms with E-state index < -0.39 is 15.6 Å². The van der Waals surface area contributed by atoms with Crippen molar-refractivity contribution >= 4 is 38.8 Å². The second-order valence-corrected chi connectivity index (χ2v) is 8.25. The summed E-state index contributed by atoms with van der Waals surface area (Å²) in [5.41, 5.74) is 5.01. The maximum absolute atomic E-state index is 12.6. The van der Waals surface area contributed by atoms with Crippen molar-refractivity contribution in [3.05, 3.63) is 29.3 Å². The molecule has 7 heteroatoms. The summed E-state index contributed by atoms with van der Waals surface area (Å²) in [5, 5.41) is 0.375. The predicted molar refractivity (Wildman–Crippen MR) is 88.9 cm³/mol. The van der Waals surface area contributed by atoms with E-state index in [9.17, 15) is 8.42 Å². The summed E-state index contributed by atoms with van der Waals surface area (Å²) < 4.78 is 27.8. The smallest absolute Gasteiger partial charge is 0.241 e. The molecule has 0 aliphatic heterocycles. The Hall–Kier alpha value is -0.690. The number of nitrogens with one attached hydrogen (secondary N) is 1. The fraction of sp³-hybridized carbons (Fsp3) is 0.500. The van der Waals surface area contributed by atoms with Gasteiger partial charge >= 0.3 is 0 Å². The number of halogens is 1. The van der Waals surface area contributed by atoms with Gasteiger partial charge in [0, 0.05) is 5.02 Å². The van der Waals surface area contributed by atoms with Crippen molar-refractivity contribution in [3.63, 3.8) is 0 Å². The van der Waals surface area contributed by atoms with Gasteiger partial charge in [-0.15, -0.1) is 0 Å². The molecule has 0 spiro atoms. The number of hydrogen-bond donors (Lipinski definition) is 2. The fourth-order valence-electron chi connectivity index (χ4n) is 2.60. The highest BCUT2D eigenvalue weighted by molar-refractivity contribution is 7.89. The molecule has 3 N–H and O–H groups in total. The first-order valence-corrected chi connectivity index (χ1v) is 9.12. The first kappa shape index (κ1) is 16.7. The molecule has 0 unspecified atom stereocenters. The van der Waals surface area contributed by atoms with E-state index in [0.717, 1.165) is 12.8 Å². The van der Waals surface area contributed by atoms with Crippen LogP contribution in [-0.4, -0.2) is 18.9 Å². The number of benzene rings is 1. The lowest BCUT2D eigenvalue weighted by molar-refractivity contribution is 0.289. The van der Waals surface area contributed by atoms with Gasteiger partial charge in [-0.05, 0) is 49.8 Å². The SMILES string of the molecule is CC1CCC(NS(=O)(=O)c2cccc(Cl)c2)(C(N)=S)CC1. The largest absolute Gasteiger partial charge is 0.392 e. The molecular formula is C14H19ClN2O2S2. The van der Waals surface area contributed by atoms with Gasteiger partial charge in [0.25, 0.3) is 0 Å². The second-order valence-electron chi connectivity index (χ2n) is 5.69. The standard InChI is InChI=1S/C14H19ClN2O2S2/c1-10-5-7-14(8-6-10,13(16)20)17-21(18,19)12-4-2-3-11(15)9-12/h2-4,9-10,17H,5-8H2,1H3,(H2,16,20). The molecule has 1 fully saturated rings. The fourth-order valence-corrected chi connectivity index (χ4v) is 4.66. The number of sulfonamides is 1. The summed E-state index contributed by atoms with van der Waals surface area (Å²) in [5.74, 6) is 0.558. The minimum Gasteiger partial charge on any atom is -0.392 e. The predicted octanol–water partition coefficient (Wildman–Crippen LogP) is 2.85. The Kier molecular flexibility index (Phi) is 4.92. The highest BCUT2D eigenvalue weighted by atomic mass is 35.5. The van der Waals surface area contributed by atoms with Crippen LogP contribution in [0.2, 0.25) is 5.02 Å². The molecule has 0 heterocycles. The van der Waals surface area contributed by atoms with Crippen molar-refractivity contribution in [2.75, 3.05) is 0 Å². The third kappa shape index (κ3) is 3.74. The average Bonchev–Trinajstić information content (AvgIpc) is 2.41. The van der Waals surface area contributed by atoms with Gasteiger partial charge in [-0.25, -0.2) is 8.42 Å². The molecule has 1 saturated carbocycles. The van der Waals surface area contributed by atoms with Crippen molar-refractivity contribution in [2.45, 2.75) is 43.0 Å². The maximum atomic E-state index is 12.6. The molecule has 0 radical (unpaired) electrons. The molecule has 0 bridgehead atoms. The maximum Gasteiger partial charge on any atom is 0.241 e. The van der Waals surface area contributed by atoms with Crippen molar-refractivity contribution in [2.24, 2.45) is 11.7 Å². The number of nitrogens with two attached hydrogens (primary N) is 1. The van der Waals surface area contributed by atoms with Crippen LogP contribution in [0, 0.1) is 5.92 Å². The lowest BCUT2D eigenvalue weighted by Crippen LogP contribution is -2.58. The Labute approximate surface area is 136 Å². The molecule has 2 rings (SSSR count). The molecule has 1 aliphatic carbocycles. The van der Waals surface area contributed by atoms with E-state index >= 15 is 0 Å². The first-order valence-electron chi connectivity index (χ1n) is 6.85. The molecule has 0 aromatic heterocycles. The Balaban J connectivity index is 2.30. The van der Waals surface area contributed by atoms with Crippen LogP contribution >= 0.6 is 23.8 Å². The van der Waals surface area contributed by atoms with Crippen molar-refractivity contribution in [3.8, 4) is 0 Å². The Morgan fingerprint density at radius 3 is 2.57 bits per heavy atom. The van der Waals surface area contributed by atoms with Crippen LogP contribution in [0.4, 0.5) is 0 Å². The van der Waals surface area contributed by atoms with E-state index in [1.54, 1.807) is 12.1 Å². The van der Waals surface area contributed by atoms with E-state index in [4.69, 9.17) is 29.6 Å². The topological polar surface area (TPSA) is 72.2 Å². The molecule has 21 heavy (non-hydrogen) atoms. The van der Waals surface area contributed by atoms with Crippen LogP contribution in [0.25, 0.3) is 0 Å². The van der Waals surface area contributed by atoms with Crippen LogP contribution in [-0.2, 0) is 10.0 Å². The molecule has 1 aromatic rings. The van der Waals surface area contributed by atoms with Gasteiger partial charge in [0.1, 0.15) is 0 Å². The monoisotopic (exact) mass is 346 g/mol. The lowest BCUT2D eigenvalue weighted by atomic mass is 9.78. The number of thiocarbonyl (C=S) groups is 1. The van der Waals surface area contributed by atoms with Crippen LogP contribution < -0.4 is 10.5 Å². The van der Waals surface area contributed by atoms with Gasteiger partial charge in [-0.1, -0.05) is 36.8 Å². The second kappa shape index (κ2) is 6.20. The van der Waals surface area contributed by atoms with Gasteiger partial charge in [0.05, 0.1) is 15.4 Å². The Bertz CT molecular complexity index is 638. The zero-order valence-corrected chi connectivity index (χ0v) is 14.2. The van der Waals surface area contributed by atoms with Crippen LogP contribution in [0.15, 0.2) is 29.2 Å². The summed E-state index contributed by atoms with van der Waals surface area (Å²) in [6.45, 7) is 2.15. The van der Waals surface area contributed by atoms with E-state index in [2.05, 4.69) is 11.6 Å². The summed E-state index contributed by atoms with van der Waals surface area (Å²) in [6.07, 6.45) is 3.05. The molecule has 4 nitrogen and oxygen atoms in total. The van der Waals surface area contributed by atoms with Crippen LogP contribution in [0.3, 0.4) is 0 Å². The number of hydrogen-bond acceptors (Lipinski definition) is 3. The van der Waals surface area contributed by atoms with E-state index in [-0.39, 0.29) is 9.88 Å². The molecule has 0 saturated heterocycles. The summed E-state index contributed by atoms with van der Waals surface area (Å²) in [7, 11) is -3.71. The van der Waals surface area contributed by atoms with Gasteiger partial charge in [-0.2, -0.15) is 4.72 Å². The quantitative estimate of drug-likeness (QED) is 0.822. The van der Waals surface area contributed by atoms with E-state index in [1.165, 1.54) is 12.1 Å². The average molecular weight is 347 g/mol. The molecule has 1 aromatic carbocycles. The Morgan fingerprint density at radius 2 is 2.05 bits per heavy atom. The third-order valence-corrected chi connectivity index (χ3v) is 6.20. The highest BCUT2D eigenvalue weighted by Crippen LogP contribution is 2.33. The normalized spacial score (nSPS) is 26.5. The zero-order chi connectivity index (χ0) is 15.7. The molecule has 0 amide bonds. The summed E-state index contributed by atoms with van der Waals surface area (Å²) >= 11 is 11.0. The van der Waals surface area contributed by atoms with E-state index in [1.807, 2.05) is 0 Å². The summed E-state index contributed by atoms with van der Waals surface area (Å²) in [6, 6.07) is 6.16. The van der Waals surface area contributed by atoms with E-state index in [0.29, 0.717) is 23.8 Å². The molecule has 0 atom stereocenters. The molecule has 1 aliphatic rings.